The van der Waals surface area contributed by atoms with Crippen molar-refractivity contribution in [3.63, 3.8) is 0 Å². The van der Waals surface area contributed by atoms with Gasteiger partial charge in [-0.15, -0.1) is 0 Å². The van der Waals surface area contributed by atoms with E-state index in [-0.39, 0.29) is 7.33 Å². The zero-order chi connectivity index (χ0) is 10.1. The number of nitrogens with one attached hydrogen (secondary N) is 1. The first-order chi connectivity index (χ1) is 6.66. The predicted molar refractivity (Wildman–Crippen MR) is 59.8 cm³/mol. The Morgan fingerprint density at radius 2 is 2.43 bits per heavy atom. The van der Waals surface area contributed by atoms with Gasteiger partial charge in [0.05, 0.1) is 11.4 Å². The van der Waals surface area contributed by atoms with Crippen molar-refractivity contribution < 1.29 is 6.22 Å². The number of aromatic nitrogens is 1. The molecule has 14 heavy (non-hydrogen) atoms. The van der Waals surface area contributed by atoms with Gasteiger partial charge in [-0.05, 0) is 17.5 Å². The molecule has 1 aromatic rings. The molecule has 4 heteroatoms. The molecule has 1 aliphatic heterocycles. The highest BCUT2D eigenvalue weighted by Crippen LogP contribution is 2.31. The third kappa shape index (κ3) is 1.75. The van der Waals surface area contributed by atoms with Gasteiger partial charge in [-0.2, -0.15) is 0 Å². The lowest BCUT2D eigenvalue weighted by molar-refractivity contribution is -0.113. The molecule has 0 bridgehead atoms. The molecule has 0 saturated carbocycles. The summed E-state index contributed by atoms with van der Waals surface area (Å²) in [6, 6.07) is 2.01. The summed E-state index contributed by atoms with van der Waals surface area (Å²) in [6.45, 7) is 4.22. The number of carbonyl (C=O) groups is 1. The molecule has 0 spiro atoms. The van der Waals surface area contributed by atoms with Crippen LogP contribution in [0.5, 0.6) is 0 Å². The number of carbonyl (C=O) groups excluding carboxylic acids is 1. The summed E-state index contributed by atoms with van der Waals surface area (Å²) < 4.78 is 0. The zero-order valence-electron chi connectivity index (χ0n) is 8.20. The van der Waals surface area contributed by atoms with Crippen LogP contribution in [0.4, 0.5) is 5.69 Å². The fourth-order valence-corrected chi connectivity index (χ4v) is 2.04. The number of amides is 1. The maximum Gasteiger partial charge on any atom is 0.234 e. The molecule has 0 fully saturated rings. The van der Waals surface area contributed by atoms with Crippen LogP contribution in [0.15, 0.2) is 17.3 Å². The second kappa shape index (κ2) is 3.61. The number of pyridine rings is 1. The quantitative estimate of drug-likeness (QED) is 0.774. The summed E-state index contributed by atoms with van der Waals surface area (Å²) >= 11 is 1.49. The van der Waals surface area contributed by atoms with Crippen LogP contribution < -0.4 is 5.32 Å². The lowest BCUT2D eigenvalue weighted by Crippen LogP contribution is -2.19. The highest BCUT2D eigenvalue weighted by atomic mass is 32.2. The Kier molecular flexibility index (Phi) is 2.46. The third-order valence-electron chi connectivity index (χ3n) is 2.15. The minimum absolute atomic E-state index is 0. The van der Waals surface area contributed by atoms with E-state index in [0.29, 0.717) is 11.7 Å². The summed E-state index contributed by atoms with van der Waals surface area (Å²) in [5.74, 6) is 0.975. The minimum Gasteiger partial charge on any atom is -0.323 e. The van der Waals surface area contributed by atoms with Gasteiger partial charge in [0.2, 0.25) is 5.91 Å². The van der Waals surface area contributed by atoms with E-state index in [0.717, 1.165) is 16.3 Å². The standard InChI is InChI=1S/C10H12N2OS.H2/c1-6(2)7-3-8-10(11-4-7)14-5-9(13)12-8;/h3-4,6H,5H2,1-2H3,(H,12,13);1H. The van der Waals surface area contributed by atoms with E-state index < -0.39 is 0 Å². The summed E-state index contributed by atoms with van der Waals surface area (Å²) in [5, 5.41) is 3.76. The predicted octanol–water partition coefficient (Wildman–Crippen LogP) is 2.50. The van der Waals surface area contributed by atoms with Gasteiger partial charge in [-0.25, -0.2) is 4.98 Å². The maximum atomic E-state index is 11.1. The fraction of sp³-hybridized carbons (Fsp3) is 0.400. The monoisotopic (exact) mass is 210 g/mol. The van der Waals surface area contributed by atoms with Crippen LogP contribution in [0, 0.1) is 0 Å². The van der Waals surface area contributed by atoms with Crippen LogP contribution in [0.25, 0.3) is 0 Å². The average Bonchev–Trinajstić information content (AvgIpc) is 2.16. The molecule has 1 N–H and O–H groups in total. The van der Waals surface area contributed by atoms with Crippen molar-refractivity contribution in [3.8, 4) is 0 Å². The average molecular weight is 210 g/mol. The molecule has 0 aliphatic carbocycles. The molecule has 0 aromatic carbocycles. The van der Waals surface area contributed by atoms with Gasteiger partial charge in [0.25, 0.3) is 0 Å². The molecule has 3 nitrogen and oxygen atoms in total. The molecule has 0 atom stereocenters. The molecule has 0 unspecified atom stereocenters. The van der Waals surface area contributed by atoms with E-state index in [2.05, 4.69) is 24.1 Å². The number of rotatable bonds is 1. The van der Waals surface area contributed by atoms with Crippen LogP contribution in [-0.4, -0.2) is 16.6 Å². The Labute approximate surface area is 88.8 Å². The van der Waals surface area contributed by atoms with Gasteiger partial charge >= 0.3 is 0 Å². The summed E-state index contributed by atoms with van der Waals surface area (Å²) in [4.78, 5) is 15.5. The molecule has 76 valence electrons. The van der Waals surface area contributed by atoms with Crippen molar-refractivity contribution in [2.75, 3.05) is 11.1 Å². The van der Waals surface area contributed by atoms with E-state index in [4.69, 9.17) is 0 Å². The molecule has 0 saturated heterocycles. The van der Waals surface area contributed by atoms with Crippen molar-refractivity contribution in [1.82, 2.24) is 4.98 Å². The maximum absolute atomic E-state index is 11.1. The molecular formula is C10H14N2OS. The molecule has 1 amide bonds. The second-order valence-corrected chi connectivity index (χ2v) is 4.58. The van der Waals surface area contributed by atoms with Crippen LogP contribution in [-0.2, 0) is 4.79 Å². The van der Waals surface area contributed by atoms with E-state index in [1.165, 1.54) is 11.8 Å². The van der Waals surface area contributed by atoms with Gasteiger partial charge in [0, 0.05) is 7.62 Å². The second-order valence-electron chi connectivity index (χ2n) is 3.61. The van der Waals surface area contributed by atoms with E-state index in [1.807, 2.05) is 12.3 Å². The normalized spacial score (nSPS) is 15.2. The Hall–Kier alpha value is -1.03. The molecule has 2 rings (SSSR count). The number of nitrogens with zero attached hydrogens (tertiary/aromatic N) is 1. The zero-order valence-corrected chi connectivity index (χ0v) is 9.02. The van der Waals surface area contributed by atoms with Crippen LogP contribution in [0.2, 0.25) is 0 Å². The lowest BCUT2D eigenvalue weighted by atomic mass is 10.1. The fourth-order valence-electron chi connectivity index (χ4n) is 1.31. The van der Waals surface area contributed by atoms with Crippen molar-refractivity contribution in [1.29, 1.82) is 0 Å². The van der Waals surface area contributed by atoms with Crippen molar-refractivity contribution in [3.05, 3.63) is 17.8 Å². The Bertz CT molecular complexity index is 382. The third-order valence-corrected chi connectivity index (χ3v) is 3.16. The SMILES string of the molecule is CC(C)c1cnc2c(c1)NC(=O)CS2.[HH]. The number of hydrogen-bond acceptors (Lipinski definition) is 3. The summed E-state index contributed by atoms with van der Waals surface area (Å²) in [5.41, 5.74) is 2.02. The first-order valence-electron chi connectivity index (χ1n) is 4.59. The Balaban J connectivity index is 0.00000112. The Morgan fingerprint density at radius 3 is 3.14 bits per heavy atom. The van der Waals surface area contributed by atoms with Gasteiger partial charge in [-0.1, -0.05) is 25.6 Å². The van der Waals surface area contributed by atoms with E-state index in [9.17, 15) is 4.79 Å². The van der Waals surface area contributed by atoms with Crippen LogP contribution in [0.3, 0.4) is 0 Å². The largest absolute Gasteiger partial charge is 0.323 e. The van der Waals surface area contributed by atoms with Gasteiger partial charge in [0.1, 0.15) is 5.03 Å². The molecular weight excluding hydrogens is 196 g/mol. The van der Waals surface area contributed by atoms with Crippen LogP contribution in [0.1, 0.15) is 26.8 Å². The highest BCUT2D eigenvalue weighted by molar-refractivity contribution is 8.00. The van der Waals surface area contributed by atoms with Crippen molar-refractivity contribution in [2.45, 2.75) is 24.8 Å². The number of thioether (sulfide) groups is 1. The molecule has 1 aromatic heterocycles. The number of anilines is 1. The van der Waals surface area contributed by atoms with Crippen LogP contribution >= 0.6 is 11.8 Å². The van der Waals surface area contributed by atoms with E-state index in [1.54, 1.807) is 0 Å². The smallest absolute Gasteiger partial charge is 0.234 e. The minimum atomic E-state index is 0. The van der Waals surface area contributed by atoms with Gasteiger partial charge < -0.3 is 5.32 Å². The first kappa shape index (κ1) is 9.52. The summed E-state index contributed by atoms with van der Waals surface area (Å²) in [6.07, 6.45) is 1.88. The van der Waals surface area contributed by atoms with Crippen molar-refractivity contribution >= 4 is 23.4 Å². The molecule has 1 aliphatic rings. The first-order valence-corrected chi connectivity index (χ1v) is 5.58. The number of hydrogen-bond donors (Lipinski definition) is 1. The highest BCUT2D eigenvalue weighted by Gasteiger charge is 2.17. The van der Waals surface area contributed by atoms with Gasteiger partial charge in [-0.3, -0.25) is 4.79 Å². The molecule has 2 heterocycles. The topological polar surface area (TPSA) is 42.0 Å². The number of fused-ring (bicyclic) bond motifs is 1. The van der Waals surface area contributed by atoms with Gasteiger partial charge in [0.15, 0.2) is 0 Å². The van der Waals surface area contributed by atoms with Crippen molar-refractivity contribution in [2.24, 2.45) is 0 Å². The summed E-state index contributed by atoms with van der Waals surface area (Å²) in [7, 11) is 0. The molecule has 0 radical (unpaired) electrons. The Morgan fingerprint density at radius 1 is 1.64 bits per heavy atom. The lowest BCUT2D eigenvalue weighted by Gasteiger charge is -2.16. The van der Waals surface area contributed by atoms with E-state index >= 15 is 0 Å².